The molecule has 0 aliphatic heterocycles. The molecule has 0 atom stereocenters. The Morgan fingerprint density at radius 3 is 2.19 bits per heavy atom. The Bertz CT molecular complexity index is 326. The predicted octanol–water partition coefficient (Wildman–Crippen LogP) is 4.49. The van der Waals surface area contributed by atoms with Crippen LogP contribution in [0, 0.1) is 12.0 Å². The summed E-state index contributed by atoms with van der Waals surface area (Å²) in [5.74, 6) is 0.970. The first-order valence-corrected chi connectivity index (χ1v) is 6.88. The number of rotatable bonds is 2. The van der Waals surface area contributed by atoms with Gasteiger partial charge in [-0.2, -0.15) is 0 Å². The monoisotopic (exact) mass is 213 g/mol. The van der Waals surface area contributed by atoms with Crippen LogP contribution in [-0.4, -0.2) is 0 Å². The molecule has 2 aliphatic rings. The summed E-state index contributed by atoms with van der Waals surface area (Å²) in [6.07, 6.45) is 11.6. The molecule has 0 heteroatoms. The number of hydrogen-bond acceptors (Lipinski definition) is 0. The van der Waals surface area contributed by atoms with Crippen LogP contribution in [-0.2, 0) is 5.41 Å². The lowest BCUT2D eigenvalue weighted by Gasteiger charge is -2.36. The van der Waals surface area contributed by atoms with Crippen molar-refractivity contribution >= 4 is 0 Å². The van der Waals surface area contributed by atoms with Gasteiger partial charge >= 0.3 is 0 Å². The quantitative estimate of drug-likeness (QED) is 0.679. The first kappa shape index (κ1) is 10.4. The topological polar surface area (TPSA) is 0 Å². The van der Waals surface area contributed by atoms with Crippen LogP contribution in [0.5, 0.6) is 0 Å². The van der Waals surface area contributed by atoms with E-state index in [2.05, 4.69) is 30.3 Å². The SMILES string of the molecule is [c]1ccc(C2(C3CCCC3)CCCC2)cc1. The summed E-state index contributed by atoms with van der Waals surface area (Å²) in [5.41, 5.74) is 2.15. The third-order valence-electron chi connectivity index (χ3n) is 4.93. The van der Waals surface area contributed by atoms with E-state index < -0.39 is 0 Å². The molecule has 1 aromatic carbocycles. The summed E-state index contributed by atoms with van der Waals surface area (Å²) >= 11 is 0. The van der Waals surface area contributed by atoms with Crippen LogP contribution >= 0.6 is 0 Å². The lowest BCUT2D eigenvalue weighted by atomic mass is 9.68. The molecule has 2 fully saturated rings. The predicted molar refractivity (Wildman–Crippen MR) is 67.4 cm³/mol. The molecule has 0 spiro atoms. The van der Waals surface area contributed by atoms with Crippen LogP contribution in [0.1, 0.15) is 56.9 Å². The molecular formula is C16H21. The molecule has 2 aliphatic carbocycles. The van der Waals surface area contributed by atoms with E-state index in [1.807, 2.05) is 0 Å². The molecule has 0 bridgehead atoms. The van der Waals surface area contributed by atoms with Crippen molar-refractivity contribution in [2.24, 2.45) is 5.92 Å². The van der Waals surface area contributed by atoms with Crippen molar-refractivity contribution in [2.45, 2.75) is 56.8 Å². The molecule has 0 amide bonds. The van der Waals surface area contributed by atoms with E-state index in [0.717, 1.165) is 5.92 Å². The Labute approximate surface area is 99.1 Å². The van der Waals surface area contributed by atoms with Gasteiger partial charge in [-0.1, -0.05) is 49.9 Å². The number of hydrogen-bond donors (Lipinski definition) is 0. The third kappa shape index (κ3) is 1.59. The van der Waals surface area contributed by atoms with E-state index in [1.165, 1.54) is 51.4 Å². The minimum absolute atomic E-state index is 0.547. The zero-order valence-electron chi connectivity index (χ0n) is 10.0. The van der Waals surface area contributed by atoms with Crippen molar-refractivity contribution < 1.29 is 0 Å². The van der Waals surface area contributed by atoms with Gasteiger partial charge in [0, 0.05) is 0 Å². The van der Waals surface area contributed by atoms with Gasteiger partial charge < -0.3 is 0 Å². The van der Waals surface area contributed by atoms with Crippen LogP contribution in [0.2, 0.25) is 0 Å². The summed E-state index contributed by atoms with van der Waals surface area (Å²) in [4.78, 5) is 0. The standard InChI is InChI=1S/C16H21/c1-2-8-14(9-3-1)16(12-6-7-13-16)15-10-4-5-11-15/h2-3,8-9,15H,4-7,10-13H2. The van der Waals surface area contributed by atoms with Gasteiger partial charge in [0.25, 0.3) is 0 Å². The van der Waals surface area contributed by atoms with Crippen molar-refractivity contribution in [1.82, 2.24) is 0 Å². The van der Waals surface area contributed by atoms with Crippen molar-refractivity contribution in [3.8, 4) is 0 Å². The molecule has 0 saturated heterocycles. The summed E-state index contributed by atoms with van der Waals surface area (Å²) in [7, 11) is 0. The maximum Gasteiger partial charge on any atom is -0.00187 e. The zero-order valence-corrected chi connectivity index (χ0v) is 10.0. The van der Waals surface area contributed by atoms with E-state index in [-0.39, 0.29) is 0 Å². The Balaban J connectivity index is 1.96. The highest BCUT2D eigenvalue weighted by molar-refractivity contribution is 5.27. The van der Waals surface area contributed by atoms with Gasteiger partial charge in [-0.3, -0.25) is 0 Å². The molecule has 16 heavy (non-hydrogen) atoms. The van der Waals surface area contributed by atoms with Crippen molar-refractivity contribution in [2.75, 3.05) is 0 Å². The summed E-state index contributed by atoms with van der Waals surface area (Å²) in [5, 5.41) is 0. The average molecular weight is 213 g/mol. The maximum absolute atomic E-state index is 3.16. The van der Waals surface area contributed by atoms with Gasteiger partial charge in [0.15, 0.2) is 0 Å². The Kier molecular flexibility index (Phi) is 2.75. The molecule has 0 heterocycles. The number of benzene rings is 1. The fourth-order valence-electron chi connectivity index (χ4n) is 4.14. The molecule has 1 radical (unpaired) electrons. The highest BCUT2D eigenvalue weighted by Gasteiger charge is 2.43. The molecule has 0 nitrogen and oxygen atoms in total. The van der Waals surface area contributed by atoms with Gasteiger partial charge in [-0.15, -0.1) is 0 Å². The van der Waals surface area contributed by atoms with E-state index in [0.29, 0.717) is 5.41 Å². The molecule has 3 rings (SSSR count). The lowest BCUT2D eigenvalue weighted by molar-refractivity contribution is 0.276. The fraction of sp³-hybridized carbons (Fsp3) is 0.625. The van der Waals surface area contributed by atoms with Gasteiger partial charge in [-0.05, 0) is 48.6 Å². The van der Waals surface area contributed by atoms with Gasteiger partial charge in [0.1, 0.15) is 0 Å². The molecule has 0 N–H and O–H groups in total. The maximum atomic E-state index is 3.16. The van der Waals surface area contributed by atoms with Gasteiger partial charge in [0.05, 0.1) is 0 Å². The van der Waals surface area contributed by atoms with E-state index >= 15 is 0 Å². The highest BCUT2D eigenvalue weighted by atomic mass is 14.5. The highest BCUT2D eigenvalue weighted by Crippen LogP contribution is 2.51. The first-order chi connectivity index (χ1) is 7.92. The second-order valence-electron chi connectivity index (χ2n) is 5.63. The average Bonchev–Trinajstić information content (AvgIpc) is 3.02. The van der Waals surface area contributed by atoms with Crippen molar-refractivity contribution in [3.05, 3.63) is 35.9 Å². The van der Waals surface area contributed by atoms with Gasteiger partial charge in [0.2, 0.25) is 0 Å². The summed E-state index contributed by atoms with van der Waals surface area (Å²) < 4.78 is 0. The van der Waals surface area contributed by atoms with Crippen LogP contribution in [0.25, 0.3) is 0 Å². The van der Waals surface area contributed by atoms with E-state index in [4.69, 9.17) is 0 Å². The molecule has 1 aromatic rings. The van der Waals surface area contributed by atoms with E-state index in [1.54, 1.807) is 5.56 Å². The van der Waals surface area contributed by atoms with Crippen molar-refractivity contribution in [1.29, 1.82) is 0 Å². The minimum Gasteiger partial charge on any atom is -0.0579 e. The molecule has 0 unspecified atom stereocenters. The largest absolute Gasteiger partial charge is 0.0579 e. The van der Waals surface area contributed by atoms with E-state index in [9.17, 15) is 0 Å². The Hall–Kier alpha value is -0.780. The fourth-order valence-corrected chi connectivity index (χ4v) is 4.14. The third-order valence-corrected chi connectivity index (χ3v) is 4.93. The van der Waals surface area contributed by atoms with Crippen molar-refractivity contribution in [3.63, 3.8) is 0 Å². The first-order valence-electron chi connectivity index (χ1n) is 6.88. The van der Waals surface area contributed by atoms with Crippen LogP contribution in [0.15, 0.2) is 24.3 Å². The van der Waals surface area contributed by atoms with Gasteiger partial charge in [-0.25, -0.2) is 0 Å². The molecule has 85 valence electrons. The Morgan fingerprint density at radius 2 is 1.56 bits per heavy atom. The second kappa shape index (κ2) is 4.24. The Morgan fingerprint density at radius 1 is 0.938 bits per heavy atom. The summed E-state index contributed by atoms with van der Waals surface area (Å²) in [6, 6.07) is 12.0. The molecule has 0 aromatic heterocycles. The molecular weight excluding hydrogens is 192 g/mol. The van der Waals surface area contributed by atoms with Crippen LogP contribution < -0.4 is 0 Å². The smallest absolute Gasteiger partial charge is 0.00187 e. The lowest BCUT2D eigenvalue weighted by Crippen LogP contribution is -2.30. The zero-order chi connectivity index (χ0) is 10.8. The second-order valence-corrected chi connectivity index (χ2v) is 5.63. The van der Waals surface area contributed by atoms with Crippen LogP contribution in [0.4, 0.5) is 0 Å². The van der Waals surface area contributed by atoms with Crippen LogP contribution in [0.3, 0.4) is 0 Å². The minimum atomic E-state index is 0.547. The molecule has 2 saturated carbocycles. The normalized spacial score (nSPS) is 25.0. The summed E-state index contributed by atoms with van der Waals surface area (Å²) in [6.45, 7) is 0.